The first kappa shape index (κ1) is 20.3. The summed E-state index contributed by atoms with van der Waals surface area (Å²) >= 11 is 25.1. The van der Waals surface area contributed by atoms with E-state index in [1.807, 2.05) is 64.1 Å². The second kappa shape index (κ2) is 8.09. The van der Waals surface area contributed by atoms with Crippen LogP contribution in [0.5, 0.6) is 0 Å². The molecule has 0 N–H and O–H groups in total. The van der Waals surface area contributed by atoms with Gasteiger partial charge in [-0.15, -0.1) is 0 Å². The lowest BCUT2D eigenvalue weighted by Crippen LogP contribution is -2.28. The molecule has 0 aliphatic rings. The van der Waals surface area contributed by atoms with E-state index < -0.39 is 4.33 Å². The maximum Gasteiger partial charge on any atom is 0.222 e. The fourth-order valence-corrected chi connectivity index (χ4v) is 2.63. The fourth-order valence-electron chi connectivity index (χ4n) is 2.04. The summed E-state index contributed by atoms with van der Waals surface area (Å²) in [6.45, 7) is 8.02. The predicted molar refractivity (Wildman–Crippen MR) is 112 cm³/mol. The van der Waals surface area contributed by atoms with Crippen molar-refractivity contribution in [3.05, 3.63) is 58.7 Å². The standard InChI is InChI=1S/C19H18Cl4N2/c1-11-5-7-15(9-13(11)3)24-17(20)19(22,23)18(21)25-16-8-6-12(2)14(4)10-16/h5-10H,1-4H3. The number of hydrogen-bond donors (Lipinski definition) is 0. The van der Waals surface area contributed by atoms with Gasteiger partial charge in [0, 0.05) is 0 Å². The fraction of sp³-hybridized carbons (Fsp3) is 0.263. The highest BCUT2D eigenvalue weighted by Gasteiger charge is 2.36. The number of halogens is 4. The van der Waals surface area contributed by atoms with Gasteiger partial charge in [0.1, 0.15) is 10.3 Å². The molecule has 0 spiro atoms. The third-order valence-electron chi connectivity index (χ3n) is 3.95. The molecule has 0 aliphatic heterocycles. The molecule has 2 rings (SSSR count). The van der Waals surface area contributed by atoms with Gasteiger partial charge in [-0.25, -0.2) is 9.98 Å². The molecule has 0 heterocycles. The second-order valence-corrected chi connectivity index (χ2v) is 7.96. The monoisotopic (exact) mass is 414 g/mol. The molecule has 0 amide bonds. The summed E-state index contributed by atoms with van der Waals surface area (Å²) in [5.74, 6) is 0. The van der Waals surface area contributed by atoms with Crippen LogP contribution >= 0.6 is 46.4 Å². The zero-order chi connectivity index (χ0) is 18.8. The summed E-state index contributed by atoms with van der Waals surface area (Å²) in [4.78, 5) is 8.56. The van der Waals surface area contributed by atoms with Crippen molar-refractivity contribution in [3.63, 3.8) is 0 Å². The van der Waals surface area contributed by atoms with E-state index in [1.54, 1.807) is 0 Å². The molecule has 0 bridgehead atoms. The molecule has 25 heavy (non-hydrogen) atoms. The Morgan fingerprint density at radius 3 is 1.36 bits per heavy atom. The summed E-state index contributed by atoms with van der Waals surface area (Å²) in [7, 11) is 0. The SMILES string of the molecule is Cc1ccc(N=C(Cl)C(Cl)(Cl)C(Cl)=Nc2ccc(C)c(C)c2)cc1C. The third-order valence-corrected chi connectivity index (χ3v) is 5.79. The lowest BCUT2D eigenvalue weighted by molar-refractivity contribution is 1.31. The van der Waals surface area contributed by atoms with Gasteiger partial charge in [0.15, 0.2) is 0 Å². The van der Waals surface area contributed by atoms with Gasteiger partial charge in [0.05, 0.1) is 11.4 Å². The first-order valence-corrected chi connectivity index (χ1v) is 9.14. The van der Waals surface area contributed by atoms with Crippen molar-refractivity contribution in [2.75, 3.05) is 0 Å². The average Bonchev–Trinajstić information content (AvgIpc) is 2.54. The molecule has 6 heteroatoms. The van der Waals surface area contributed by atoms with Crippen molar-refractivity contribution >= 4 is 68.1 Å². The molecule has 0 aliphatic carbocycles. The minimum absolute atomic E-state index is 0.0586. The first-order chi connectivity index (χ1) is 11.6. The van der Waals surface area contributed by atoms with Crippen LogP contribution in [0.25, 0.3) is 0 Å². The Bertz CT molecular complexity index is 785. The first-order valence-electron chi connectivity index (χ1n) is 7.63. The van der Waals surface area contributed by atoms with Crippen molar-refractivity contribution in [1.29, 1.82) is 0 Å². The summed E-state index contributed by atoms with van der Waals surface area (Å²) in [6.07, 6.45) is 0. The van der Waals surface area contributed by atoms with Crippen molar-refractivity contribution in [2.24, 2.45) is 9.98 Å². The van der Waals surface area contributed by atoms with Crippen LogP contribution in [0.3, 0.4) is 0 Å². The summed E-state index contributed by atoms with van der Waals surface area (Å²) in [6, 6.07) is 11.4. The molecule has 0 atom stereocenters. The van der Waals surface area contributed by atoms with Gasteiger partial charge in [0.2, 0.25) is 4.33 Å². The van der Waals surface area contributed by atoms with Gasteiger partial charge in [-0.2, -0.15) is 0 Å². The van der Waals surface area contributed by atoms with Crippen molar-refractivity contribution in [3.8, 4) is 0 Å². The Kier molecular flexibility index (Phi) is 6.56. The highest BCUT2D eigenvalue weighted by molar-refractivity contribution is 6.93. The van der Waals surface area contributed by atoms with Gasteiger partial charge in [-0.05, 0) is 74.2 Å². The zero-order valence-electron chi connectivity index (χ0n) is 14.4. The molecular formula is C19H18Cl4N2. The van der Waals surface area contributed by atoms with Crippen LogP contribution in [-0.2, 0) is 0 Å². The maximum atomic E-state index is 6.32. The molecule has 0 radical (unpaired) electrons. The van der Waals surface area contributed by atoms with E-state index in [0.717, 1.165) is 22.3 Å². The number of aryl methyl sites for hydroxylation is 4. The van der Waals surface area contributed by atoms with Crippen LogP contribution in [0.4, 0.5) is 11.4 Å². The Morgan fingerprint density at radius 2 is 1.04 bits per heavy atom. The van der Waals surface area contributed by atoms with Gasteiger partial charge < -0.3 is 0 Å². The van der Waals surface area contributed by atoms with Crippen LogP contribution in [0.2, 0.25) is 0 Å². The van der Waals surface area contributed by atoms with E-state index in [-0.39, 0.29) is 10.3 Å². The second-order valence-electron chi connectivity index (χ2n) is 5.92. The Balaban J connectivity index is 2.34. The Labute approximate surface area is 168 Å². The van der Waals surface area contributed by atoms with Crippen LogP contribution in [-0.4, -0.2) is 14.7 Å². The number of nitrogens with zero attached hydrogens (tertiary/aromatic N) is 2. The summed E-state index contributed by atoms with van der Waals surface area (Å²) < 4.78 is -1.72. The van der Waals surface area contributed by atoms with Gasteiger partial charge in [-0.1, -0.05) is 58.5 Å². The quantitative estimate of drug-likeness (QED) is 0.368. The van der Waals surface area contributed by atoms with Crippen molar-refractivity contribution in [2.45, 2.75) is 32.0 Å². The van der Waals surface area contributed by atoms with E-state index in [9.17, 15) is 0 Å². The molecule has 0 fully saturated rings. The van der Waals surface area contributed by atoms with Crippen molar-refractivity contribution < 1.29 is 0 Å². The van der Waals surface area contributed by atoms with Gasteiger partial charge in [-0.3, -0.25) is 0 Å². The number of benzene rings is 2. The largest absolute Gasteiger partial charge is 0.237 e. The van der Waals surface area contributed by atoms with Crippen LogP contribution in [0.15, 0.2) is 46.4 Å². The maximum absolute atomic E-state index is 6.32. The molecule has 132 valence electrons. The molecule has 2 nitrogen and oxygen atoms in total. The highest BCUT2D eigenvalue weighted by atomic mass is 35.5. The molecule has 2 aromatic rings. The molecule has 2 aromatic carbocycles. The number of hydrogen-bond acceptors (Lipinski definition) is 2. The zero-order valence-corrected chi connectivity index (χ0v) is 17.4. The minimum Gasteiger partial charge on any atom is -0.237 e. The molecule has 0 unspecified atom stereocenters. The Morgan fingerprint density at radius 1 is 0.680 bits per heavy atom. The van der Waals surface area contributed by atoms with Crippen LogP contribution in [0.1, 0.15) is 22.3 Å². The predicted octanol–water partition coefficient (Wildman–Crippen LogP) is 7.33. The number of alkyl halides is 2. The average molecular weight is 416 g/mol. The molecular weight excluding hydrogens is 398 g/mol. The van der Waals surface area contributed by atoms with E-state index in [2.05, 4.69) is 9.98 Å². The van der Waals surface area contributed by atoms with E-state index in [1.165, 1.54) is 0 Å². The normalized spacial score (nSPS) is 13.3. The van der Waals surface area contributed by atoms with Crippen molar-refractivity contribution in [1.82, 2.24) is 0 Å². The summed E-state index contributed by atoms with van der Waals surface area (Å²) in [5.41, 5.74) is 5.80. The lowest BCUT2D eigenvalue weighted by atomic mass is 10.1. The van der Waals surface area contributed by atoms with E-state index in [4.69, 9.17) is 46.4 Å². The van der Waals surface area contributed by atoms with Crippen LogP contribution < -0.4 is 0 Å². The smallest absolute Gasteiger partial charge is 0.222 e. The van der Waals surface area contributed by atoms with Gasteiger partial charge in [0.25, 0.3) is 0 Å². The van der Waals surface area contributed by atoms with Gasteiger partial charge >= 0.3 is 0 Å². The molecule has 0 saturated heterocycles. The third kappa shape index (κ3) is 4.98. The minimum atomic E-state index is -1.72. The molecule has 0 saturated carbocycles. The topological polar surface area (TPSA) is 24.7 Å². The van der Waals surface area contributed by atoms with E-state index in [0.29, 0.717) is 11.4 Å². The highest BCUT2D eigenvalue weighted by Crippen LogP contribution is 2.33. The van der Waals surface area contributed by atoms with Crippen LogP contribution in [0, 0.1) is 27.7 Å². The Hall–Kier alpha value is -1.06. The molecule has 0 aromatic heterocycles. The lowest BCUT2D eigenvalue weighted by Gasteiger charge is -2.16. The van der Waals surface area contributed by atoms with E-state index >= 15 is 0 Å². The number of aliphatic imine (C=N–C) groups is 2. The number of rotatable bonds is 4. The summed E-state index contributed by atoms with van der Waals surface area (Å²) in [5, 5.41) is -0.117.